The summed E-state index contributed by atoms with van der Waals surface area (Å²) in [5.74, 6) is 0. The van der Waals surface area contributed by atoms with Gasteiger partial charge in [-0.15, -0.1) is 0 Å². The zero-order valence-corrected chi connectivity index (χ0v) is 12.2. The molecule has 19 heavy (non-hydrogen) atoms. The average Bonchev–Trinajstić information content (AvgIpc) is 2.73. The lowest BCUT2D eigenvalue weighted by molar-refractivity contribution is -0.0982. The largest absolute Gasteiger partial charge is 0.491 e. The van der Waals surface area contributed by atoms with E-state index in [2.05, 4.69) is 8.75 Å². The number of aliphatic hydroxyl groups is 1. The molecule has 2 aromatic rings. The third-order valence-electron chi connectivity index (χ3n) is 3.44. The normalized spacial score (nSPS) is 12.9. The van der Waals surface area contributed by atoms with E-state index >= 15 is 0 Å². The molecule has 0 aliphatic heterocycles. The van der Waals surface area contributed by atoms with E-state index in [0.29, 0.717) is 5.46 Å². The molecule has 0 spiro atoms. The molecule has 0 fully saturated rings. The smallest absolute Gasteiger partial charge is 0.423 e. The van der Waals surface area contributed by atoms with Crippen molar-refractivity contribution in [2.45, 2.75) is 38.9 Å². The number of hydrogen-bond donors (Lipinski definition) is 2. The maximum absolute atomic E-state index is 10.1. The number of nitrogens with zero attached hydrogens (tertiary/aromatic N) is 2. The summed E-state index contributed by atoms with van der Waals surface area (Å²) in [4.78, 5) is 0. The second kappa shape index (κ2) is 4.83. The molecule has 1 heterocycles. The van der Waals surface area contributed by atoms with Gasteiger partial charge in [-0.05, 0) is 45.3 Å². The van der Waals surface area contributed by atoms with Gasteiger partial charge in [0.05, 0.1) is 22.9 Å². The summed E-state index contributed by atoms with van der Waals surface area (Å²) in [7, 11) is -1.12. The zero-order valence-electron chi connectivity index (χ0n) is 11.4. The molecule has 0 saturated carbocycles. The van der Waals surface area contributed by atoms with Gasteiger partial charge in [0.15, 0.2) is 0 Å². The van der Waals surface area contributed by atoms with Crippen molar-refractivity contribution in [2.75, 3.05) is 0 Å². The van der Waals surface area contributed by atoms with Crippen LogP contribution in [0.5, 0.6) is 0 Å². The summed E-state index contributed by atoms with van der Waals surface area (Å²) < 4.78 is 13.8. The van der Waals surface area contributed by atoms with Gasteiger partial charge < -0.3 is 14.8 Å². The standard InChI is InChI=1S/C12H17BN2O3S/c1-11(2,16)12(3,4)18-13(17)8-5-6-9-10(7-8)15-19-14-9/h5-7,16-17H,1-4H3. The van der Waals surface area contributed by atoms with E-state index in [0.717, 1.165) is 22.8 Å². The highest BCUT2D eigenvalue weighted by Gasteiger charge is 2.39. The van der Waals surface area contributed by atoms with Crippen LogP contribution < -0.4 is 5.46 Å². The van der Waals surface area contributed by atoms with Crippen LogP contribution in [0.2, 0.25) is 0 Å². The van der Waals surface area contributed by atoms with E-state index in [1.807, 2.05) is 0 Å². The first-order chi connectivity index (χ1) is 8.71. The summed E-state index contributed by atoms with van der Waals surface area (Å²) in [5, 5.41) is 20.2. The van der Waals surface area contributed by atoms with Crippen LogP contribution in [0.15, 0.2) is 18.2 Å². The van der Waals surface area contributed by atoms with Gasteiger partial charge in [-0.2, -0.15) is 8.75 Å². The van der Waals surface area contributed by atoms with Crippen LogP contribution in [-0.4, -0.2) is 37.2 Å². The minimum atomic E-state index is -1.12. The maximum atomic E-state index is 10.1. The van der Waals surface area contributed by atoms with Gasteiger partial charge in [0.25, 0.3) is 0 Å². The Labute approximate surface area is 116 Å². The number of rotatable bonds is 4. The van der Waals surface area contributed by atoms with Crippen molar-refractivity contribution in [1.29, 1.82) is 0 Å². The van der Waals surface area contributed by atoms with E-state index in [1.165, 1.54) is 0 Å². The molecule has 0 atom stereocenters. The first kappa shape index (κ1) is 14.4. The van der Waals surface area contributed by atoms with Crippen LogP contribution in [0.1, 0.15) is 27.7 Å². The topological polar surface area (TPSA) is 75.5 Å². The van der Waals surface area contributed by atoms with Crippen molar-refractivity contribution in [2.24, 2.45) is 0 Å². The minimum absolute atomic E-state index is 0.595. The Morgan fingerprint density at radius 2 is 1.79 bits per heavy atom. The molecule has 0 radical (unpaired) electrons. The van der Waals surface area contributed by atoms with Crippen molar-refractivity contribution in [1.82, 2.24) is 8.75 Å². The first-order valence-corrected chi connectivity index (χ1v) is 6.74. The molecule has 2 N–H and O–H groups in total. The Morgan fingerprint density at radius 3 is 2.42 bits per heavy atom. The Kier molecular flexibility index (Phi) is 3.66. The molecule has 0 unspecified atom stereocenters. The number of hydrogen-bond acceptors (Lipinski definition) is 6. The van der Waals surface area contributed by atoms with Crippen molar-refractivity contribution in [3.8, 4) is 0 Å². The quantitative estimate of drug-likeness (QED) is 0.815. The van der Waals surface area contributed by atoms with Crippen LogP contribution in [0, 0.1) is 0 Å². The third-order valence-corrected chi connectivity index (χ3v) is 4.00. The second-order valence-electron chi connectivity index (χ2n) is 5.55. The lowest BCUT2D eigenvalue weighted by atomic mass is 9.76. The third kappa shape index (κ3) is 2.95. The lowest BCUT2D eigenvalue weighted by Crippen LogP contribution is -2.53. The molecule has 7 heteroatoms. The van der Waals surface area contributed by atoms with Crippen molar-refractivity contribution in [3.05, 3.63) is 18.2 Å². The summed E-state index contributed by atoms with van der Waals surface area (Å²) in [6.45, 7) is 6.76. The highest BCUT2D eigenvalue weighted by molar-refractivity contribution is 7.00. The van der Waals surface area contributed by atoms with Crippen LogP contribution >= 0.6 is 11.7 Å². The van der Waals surface area contributed by atoms with Crippen molar-refractivity contribution >= 4 is 35.3 Å². The number of fused-ring (bicyclic) bond motifs is 1. The molecule has 1 aromatic carbocycles. The Hall–Kier alpha value is -1.02. The molecule has 0 bridgehead atoms. The lowest BCUT2D eigenvalue weighted by Gasteiger charge is -2.38. The fourth-order valence-corrected chi connectivity index (χ4v) is 1.96. The minimum Gasteiger partial charge on any atom is -0.423 e. The van der Waals surface area contributed by atoms with Gasteiger partial charge in [0.1, 0.15) is 11.0 Å². The van der Waals surface area contributed by atoms with E-state index in [4.69, 9.17) is 4.65 Å². The summed E-state index contributed by atoms with van der Waals surface area (Å²) >= 11 is 1.13. The highest BCUT2D eigenvalue weighted by Crippen LogP contribution is 2.25. The average molecular weight is 280 g/mol. The predicted octanol–water partition coefficient (Wildman–Crippen LogP) is 0.945. The fraction of sp³-hybridized carbons (Fsp3) is 0.500. The Bertz CT molecular complexity index is 580. The second-order valence-corrected chi connectivity index (χ2v) is 6.08. The highest BCUT2D eigenvalue weighted by atomic mass is 32.1. The fourth-order valence-electron chi connectivity index (χ4n) is 1.44. The van der Waals surface area contributed by atoms with Crippen LogP contribution in [-0.2, 0) is 4.65 Å². The molecule has 1 aromatic heterocycles. The molecular weight excluding hydrogens is 263 g/mol. The van der Waals surface area contributed by atoms with E-state index in [9.17, 15) is 10.1 Å². The van der Waals surface area contributed by atoms with Crippen molar-refractivity contribution in [3.63, 3.8) is 0 Å². The van der Waals surface area contributed by atoms with Gasteiger partial charge >= 0.3 is 7.12 Å². The molecule has 0 saturated heterocycles. The zero-order chi connectivity index (χ0) is 14.3. The van der Waals surface area contributed by atoms with E-state index in [-0.39, 0.29) is 0 Å². The maximum Gasteiger partial charge on any atom is 0.491 e. The van der Waals surface area contributed by atoms with Crippen LogP contribution in [0.25, 0.3) is 11.0 Å². The van der Waals surface area contributed by atoms with Gasteiger partial charge in [-0.1, -0.05) is 6.07 Å². The molecule has 5 nitrogen and oxygen atoms in total. The number of benzene rings is 1. The predicted molar refractivity (Wildman–Crippen MR) is 76.5 cm³/mol. The SMILES string of the molecule is CC(C)(O)C(C)(C)OB(O)c1ccc2nsnc2c1. The van der Waals surface area contributed by atoms with E-state index in [1.54, 1.807) is 45.9 Å². The Balaban J connectivity index is 2.22. The number of aromatic nitrogens is 2. The molecule has 102 valence electrons. The molecule has 0 amide bonds. The molecule has 2 rings (SSSR count). The van der Waals surface area contributed by atoms with Gasteiger partial charge in [0.2, 0.25) is 0 Å². The van der Waals surface area contributed by atoms with E-state index < -0.39 is 18.3 Å². The summed E-state index contributed by atoms with van der Waals surface area (Å²) in [6, 6.07) is 5.27. The molecule has 0 aliphatic carbocycles. The summed E-state index contributed by atoms with van der Waals surface area (Å²) in [6.07, 6.45) is 0. The molecule has 0 aliphatic rings. The monoisotopic (exact) mass is 280 g/mol. The van der Waals surface area contributed by atoms with Crippen LogP contribution in [0.3, 0.4) is 0 Å². The van der Waals surface area contributed by atoms with Crippen LogP contribution in [0.4, 0.5) is 0 Å². The van der Waals surface area contributed by atoms with Gasteiger partial charge in [0, 0.05) is 0 Å². The summed E-state index contributed by atoms with van der Waals surface area (Å²) in [5.41, 5.74) is 0.161. The van der Waals surface area contributed by atoms with Gasteiger partial charge in [-0.3, -0.25) is 0 Å². The Morgan fingerprint density at radius 1 is 1.16 bits per heavy atom. The molecular formula is C12H17BN2O3S. The van der Waals surface area contributed by atoms with Crippen molar-refractivity contribution < 1.29 is 14.8 Å². The van der Waals surface area contributed by atoms with Gasteiger partial charge in [-0.25, -0.2) is 0 Å². The first-order valence-electron chi connectivity index (χ1n) is 6.01.